The minimum Gasteiger partial charge on any atom is -0.497 e. The summed E-state index contributed by atoms with van der Waals surface area (Å²) < 4.78 is 10.4. The van der Waals surface area contributed by atoms with Gasteiger partial charge in [0, 0.05) is 12.0 Å². The second kappa shape index (κ2) is 6.25. The van der Waals surface area contributed by atoms with Crippen LogP contribution in [0.1, 0.15) is 5.56 Å². The van der Waals surface area contributed by atoms with Crippen LogP contribution in [0.3, 0.4) is 0 Å². The van der Waals surface area contributed by atoms with E-state index < -0.39 is 0 Å². The van der Waals surface area contributed by atoms with Crippen LogP contribution in [0.25, 0.3) is 6.08 Å². The lowest BCUT2D eigenvalue weighted by molar-refractivity contribution is 0.300. The molecule has 1 aromatic carbocycles. The molecule has 0 heterocycles. The van der Waals surface area contributed by atoms with E-state index in [4.69, 9.17) is 15.2 Å². The van der Waals surface area contributed by atoms with Crippen LogP contribution in [0.2, 0.25) is 0 Å². The van der Waals surface area contributed by atoms with Crippen LogP contribution in [0, 0.1) is 5.92 Å². The Morgan fingerprint density at radius 3 is 2.74 bits per heavy atom. The van der Waals surface area contributed by atoms with Crippen molar-refractivity contribution in [2.24, 2.45) is 11.7 Å². The van der Waals surface area contributed by atoms with Gasteiger partial charge in [0.05, 0.1) is 14.2 Å². The van der Waals surface area contributed by atoms with E-state index in [1.807, 2.05) is 36.4 Å². The summed E-state index contributed by atoms with van der Waals surface area (Å²) in [5.74, 6) is 1.86. The summed E-state index contributed by atoms with van der Waals surface area (Å²) in [6.45, 7) is 0. The lowest BCUT2D eigenvalue weighted by Crippen LogP contribution is -2.27. The fourth-order valence-electron chi connectivity index (χ4n) is 1.99. The maximum absolute atomic E-state index is 6.08. The number of ether oxygens (including phenoxy) is 2. The molecule has 0 spiro atoms. The van der Waals surface area contributed by atoms with Crippen molar-refractivity contribution in [2.75, 3.05) is 14.2 Å². The van der Waals surface area contributed by atoms with Crippen LogP contribution >= 0.6 is 0 Å². The third-order valence-corrected chi connectivity index (χ3v) is 3.12. The van der Waals surface area contributed by atoms with Gasteiger partial charge in [0.2, 0.25) is 0 Å². The Morgan fingerprint density at radius 1 is 1.21 bits per heavy atom. The molecule has 100 valence electrons. The van der Waals surface area contributed by atoms with Crippen LogP contribution in [-0.4, -0.2) is 20.3 Å². The van der Waals surface area contributed by atoms with E-state index in [1.165, 1.54) is 0 Å². The third kappa shape index (κ3) is 3.48. The van der Waals surface area contributed by atoms with Crippen molar-refractivity contribution in [1.29, 1.82) is 0 Å². The normalized spacial score (nSPS) is 22.4. The van der Waals surface area contributed by atoms with E-state index in [-0.39, 0.29) is 12.0 Å². The van der Waals surface area contributed by atoms with Crippen molar-refractivity contribution in [2.45, 2.75) is 6.04 Å². The van der Waals surface area contributed by atoms with Crippen molar-refractivity contribution in [3.63, 3.8) is 0 Å². The molecular formula is C16H19NO2. The molecular weight excluding hydrogens is 238 g/mol. The van der Waals surface area contributed by atoms with Crippen molar-refractivity contribution in [3.8, 4) is 5.75 Å². The predicted molar refractivity (Wildman–Crippen MR) is 77.7 cm³/mol. The molecule has 2 atom stereocenters. The van der Waals surface area contributed by atoms with Crippen LogP contribution < -0.4 is 10.5 Å². The van der Waals surface area contributed by atoms with Gasteiger partial charge < -0.3 is 15.2 Å². The second-order valence-corrected chi connectivity index (χ2v) is 4.42. The molecule has 1 aliphatic rings. The summed E-state index contributed by atoms with van der Waals surface area (Å²) in [6, 6.07) is 7.87. The molecule has 2 rings (SSSR count). The zero-order chi connectivity index (χ0) is 13.7. The quantitative estimate of drug-likeness (QED) is 0.902. The molecule has 3 nitrogen and oxygen atoms in total. The maximum atomic E-state index is 6.08. The standard InChI is InChI=1S/C16H19NO2/c1-18-14-5-3-4-12(10-14)6-7-13-8-9-15(19-2)11-16(13)17/h3-11,13,16H,17H2,1-2H3/b7-6-. The number of nitrogens with two attached hydrogens (primary N) is 1. The first kappa shape index (κ1) is 13.4. The number of methoxy groups -OCH3 is 2. The van der Waals surface area contributed by atoms with E-state index in [9.17, 15) is 0 Å². The smallest absolute Gasteiger partial charge is 0.119 e. The van der Waals surface area contributed by atoms with E-state index in [2.05, 4.69) is 18.2 Å². The van der Waals surface area contributed by atoms with Gasteiger partial charge in [-0.1, -0.05) is 30.4 Å². The van der Waals surface area contributed by atoms with Gasteiger partial charge in [-0.05, 0) is 29.8 Å². The highest BCUT2D eigenvalue weighted by molar-refractivity contribution is 5.52. The van der Waals surface area contributed by atoms with Crippen LogP contribution in [0.15, 0.2) is 54.3 Å². The number of rotatable bonds is 4. The van der Waals surface area contributed by atoms with Crippen LogP contribution in [0.4, 0.5) is 0 Å². The van der Waals surface area contributed by atoms with Crippen molar-refractivity contribution >= 4 is 6.08 Å². The zero-order valence-corrected chi connectivity index (χ0v) is 11.2. The Morgan fingerprint density at radius 2 is 2.05 bits per heavy atom. The fraction of sp³-hybridized carbons (Fsp3) is 0.250. The lowest BCUT2D eigenvalue weighted by Gasteiger charge is -2.19. The van der Waals surface area contributed by atoms with Gasteiger partial charge in [-0.15, -0.1) is 0 Å². The highest BCUT2D eigenvalue weighted by Crippen LogP contribution is 2.19. The van der Waals surface area contributed by atoms with Crippen molar-refractivity contribution in [3.05, 3.63) is 59.9 Å². The zero-order valence-electron chi connectivity index (χ0n) is 11.2. The van der Waals surface area contributed by atoms with Gasteiger partial charge >= 0.3 is 0 Å². The summed E-state index contributed by atoms with van der Waals surface area (Å²) >= 11 is 0. The SMILES string of the molecule is COC1=CC(N)C(/C=C\c2cccc(OC)c2)C=C1. The Kier molecular flexibility index (Phi) is 4.42. The summed E-state index contributed by atoms with van der Waals surface area (Å²) in [4.78, 5) is 0. The monoisotopic (exact) mass is 257 g/mol. The maximum Gasteiger partial charge on any atom is 0.119 e. The number of allylic oxidation sites excluding steroid dienone is 1. The van der Waals surface area contributed by atoms with Crippen molar-refractivity contribution < 1.29 is 9.47 Å². The first-order valence-corrected chi connectivity index (χ1v) is 6.25. The molecule has 19 heavy (non-hydrogen) atoms. The van der Waals surface area contributed by atoms with E-state index in [1.54, 1.807) is 14.2 Å². The molecule has 0 amide bonds. The molecule has 1 aliphatic carbocycles. The molecule has 0 saturated heterocycles. The first-order chi connectivity index (χ1) is 9.22. The number of hydrogen-bond donors (Lipinski definition) is 1. The fourth-order valence-corrected chi connectivity index (χ4v) is 1.99. The Hall–Kier alpha value is -2.00. The molecule has 3 heteroatoms. The molecule has 2 N–H and O–H groups in total. The topological polar surface area (TPSA) is 44.5 Å². The van der Waals surface area contributed by atoms with Gasteiger partial charge in [-0.2, -0.15) is 0 Å². The first-order valence-electron chi connectivity index (χ1n) is 6.25. The average Bonchev–Trinajstić information content (AvgIpc) is 2.46. The summed E-state index contributed by atoms with van der Waals surface area (Å²) in [5, 5.41) is 0. The van der Waals surface area contributed by atoms with Gasteiger partial charge in [-0.3, -0.25) is 0 Å². The van der Waals surface area contributed by atoms with E-state index >= 15 is 0 Å². The molecule has 2 unspecified atom stereocenters. The van der Waals surface area contributed by atoms with Crippen LogP contribution in [0.5, 0.6) is 5.75 Å². The number of hydrogen-bond acceptors (Lipinski definition) is 3. The van der Waals surface area contributed by atoms with Crippen molar-refractivity contribution in [1.82, 2.24) is 0 Å². The minimum atomic E-state index is -0.0539. The van der Waals surface area contributed by atoms with E-state index in [0.717, 1.165) is 17.1 Å². The Labute approximate surface area is 114 Å². The molecule has 0 aromatic heterocycles. The van der Waals surface area contributed by atoms with Gasteiger partial charge in [0.1, 0.15) is 11.5 Å². The van der Waals surface area contributed by atoms with Gasteiger partial charge in [0.25, 0.3) is 0 Å². The van der Waals surface area contributed by atoms with Crippen LogP contribution in [-0.2, 0) is 4.74 Å². The minimum absolute atomic E-state index is 0.0539. The largest absolute Gasteiger partial charge is 0.497 e. The van der Waals surface area contributed by atoms with E-state index in [0.29, 0.717) is 0 Å². The van der Waals surface area contributed by atoms with Gasteiger partial charge in [-0.25, -0.2) is 0 Å². The lowest BCUT2D eigenvalue weighted by atomic mass is 9.94. The highest BCUT2D eigenvalue weighted by atomic mass is 16.5. The number of benzene rings is 1. The highest BCUT2D eigenvalue weighted by Gasteiger charge is 2.14. The molecule has 1 aromatic rings. The average molecular weight is 257 g/mol. The Balaban J connectivity index is 2.07. The second-order valence-electron chi connectivity index (χ2n) is 4.42. The Bertz CT molecular complexity index is 517. The summed E-state index contributed by atoms with van der Waals surface area (Å²) in [6.07, 6.45) is 10.1. The molecule has 0 radical (unpaired) electrons. The third-order valence-electron chi connectivity index (χ3n) is 3.12. The molecule has 0 saturated carbocycles. The summed E-state index contributed by atoms with van der Waals surface area (Å²) in [5.41, 5.74) is 7.18. The molecule has 0 fully saturated rings. The summed E-state index contributed by atoms with van der Waals surface area (Å²) in [7, 11) is 3.31. The van der Waals surface area contributed by atoms with Gasteiger partial charge in [0.15, 0.2) is 0 Å². The predicted octanol–water partition coefficient (Wildman–Crippen LogP) is 2.75. The molecule has 0 aliphatic heterocycles. The molecule has 0 bridgehead atoms.